The lowest BCUT2D eigenvalue weighted by molar-refractivity contribution is 0.0803. The second-order valence-corrected chi connectivity index (χ2v) is 3.83. The van der Waals surface area contributed by atoms with E-state index in [1.807, 2.05) is 13.0 Å². The molecule has 0 amide bonds. The first-order valence-corrected chi connectivity index (χ1v) is 5.48. The summed E-state index contributed by atoms with van der Waals surface area (Å²) in [6, 6.07) is 0.414. The van der Waals surface area contributed by atoms with E-state index in [1.165, 1.54) is 0 Å². The minimum Gasteiger partial charge on any atom is -0.381 e. The van der Waals surface area contributed by atoms with Gasteiger partial charge in [-0.3, -0.25) is 0 Å². The van der Waals surface area contributed by atoms with Gasteiger partial charge >= 0.3 is 0 Å². The van der Waals surface area contributed by atoms with E-state index in [0.717, 1.165) is 31.9 Å². The zero-order valence-electron chi connectivity index (χ0n) is 9.00. The molecule has 15 heavy (non-hydrogen) atoms. The van der Waals surface area contributed by atoms with Crippen molar-refractivity contribution in [1.29, 1.82) is 0 Å². The number of nitrogens with one attached hydrogen (secondary N) is 1. The third-order valence-electron chi connectivity index (χ3n) is 2.29. The Kier molecular flexibility index (Phi) is 5.43. The highest BCUT2D eigenvalue weighted by Crippen LogP contribution is 2.11. The van der Waals surface area contributed by atoms with Gasteiger partial charge in [0.25, 0.3) is 0 Å². The van der Waals surface area contributed by atoms with Crippen LogP contribution in [-0.4, -0.2) is 26.0 Å². The summed E-state index contributed by atoms with van der Waals surface area (Å²) < 4.78 is 5.27. The van der Waals surface area contributed by atoms with Gasteiger partial charge in [-0.2, -0.15) is 0 Å². The molecule has 0 spiro atoms. The van der Waals surface area contributed by atoms with E-state index in [-0.39, 0.29) is 0 Å². The van der Waals surface area contributed by atoms with Crippen molar-refractivity contribution < 1.29 is 4.74 Å². The molecule has 1 heterocycles. The van der Waals surface area contributed by atoms with Crippen LogP contribution in [0.4, 0.5) is 0 Å². The molecule has 1 saturated heterocycles. The van der Waals surface area contributed by atoms with Gasteiger partial charge in [0.05, 0.1) is 0 Å². The SMILES string of the molecule is C=N/C(=C\C(Cl)=C/C)NC1CCOCC1. The summed E-state index contributed by atoms with van der Waals surface area (Å²) in [5.41, 5.74) is 0. The van der Waals surface area contributed by atoms with E-state index in [9.17, 15) is 0 Å². The summed E-state index contributed by atoms with van der Waals surface area (Å²) in [5.74, 6) is 0.727. The summed E-state index contributed by atoms with van der Waals surface area (Å²) in [5, 5.41) is 3.96. The Hall–Kier alpha value is -0.800. The molecule has 0 bridgehead atoms. The normalized spacial score (nSPS) is 20.1. The van der Waals surface area contributed by atoms with Crippen molar-refractivity contribution in [3.8, 4) is 0 Å². The van der Waals surface area contributed by atoms with Crippen molar-refractivity contribution in [1.82, 2.24) is 5.32 Å². The van der Waals surface area contributed by atoms with E-state index in [1.54, 1.807) is 6.08 Å². The molecule has 0 aromatic carbocycles. The summed E-state index contributed by atoms with van der Waals surface area (Å²) in [6.45, 7) is 7.01. The van der Waals surface area contributed by atoms with Gasteiger partial charge < -0.3 is 10.1 Å². The second kappa shape index (κ2) is 6.64. The predicted octanol–water partition coefficient (Wildman–Crippen LogP) is 2.44. The highest BCUT2D eigenvalue weighted by Gasteiger charge is 2.13. The first kappa shape index (κ1) is 12.3. The van der Waals surface area contributed by atoms with Crippen LogP contribution in [0, 0.1) is 0 Å². The molecule has 1 aliphatic rings. The van der Waals surface area contributed by atoms with E-state index in [0.29, 0.717) is 11.1 Å². The summed E-state index contributed by atoms with van der Waals surface area (Å²) >= 11 is 5.89. The first-order valence-electron chi connectivity index (χ1n) is 5.10. The van der Waals surface area contributed by atoms with Crippen molar-refractivity contribution in [2.45, 2.75) is 25.8 Å². The molecule has 1 aliphatic heterocycles. The summed E-state index contributed by atoms with van der Waals surface area (Å²) in [6.07, 6.45) is 5.60. The van der Waals surface area contributed by atoms with Crippen LogP contribution < -0.4 is 5.32 Å². The number of aliphatic imine (C=N–C) groups is 1. The van der Waals surface area contributed by atoms with Crippen molar-refractivity contribution in [3.63, 3.8) is 0 Å². The fraction of sp³-hybridized carbons (Fsp3) is 0.545. The highest BCUT2D eigenvalue weighted by molar-refractivity contribution is 6.31. The van der Waals surface area contributed by atoms with Crippen LogP contribution in [-0.2, 0) is 4.74 Å². The molecule has 1 fully saturated rings. The Balaban J connectivity index is 2.52. The van der Waals surface area contributed by atoms with Crippen LogP contribution >= 0.6 is 11.6 Å². The number of halogens is 1. The lowest BCUT2D eigenvalue weighted by Crippen LogP contribution is -2.33. The maximum atomic E-state index is 5.89. The maximum absolute atomic E-state index is 5.89. The zero-order valence-corrected chi connectivity index (χ0v) is 9.76. The Bertz CT molecular complexity index is 268. The molecule has 0 unspecified atom stereocenters. The number of ether oxygens (including phenoxy) is 1. The van der Waals surface area contributed by atoms with Gasteiger partial charge in [0, 0.05) is 24.3 Å². The molecule has 0 aromatic heterocycles. The number of allylic oxidation sites excluding steroid dienone is 3. The second-order valence-electron chi connectivity index (χ2n) is 3.39. The largest absolute Gasteiger partial charge is 0.381 e. The van der Waals surface area contributed by atoms with Crippen molar-refractivity contribution in [2.75, 3.05) is 13.2 Å². The van der Waals surface area contributed by atoms with Gasteiger partial charge in [-0.05, 0) is 32.6 Å². The molecule has 0 aliphatic carbocycles. The molecule has 0 atom stereocenters. The Morgan fingerprint density at radius 3 is 2.73 bits per heavy atom. The Labute approximate surface area is 95.9 Å². The van der Waals surface area contributed by atoms with Crippen LogP contribution in [0.15, 0.2) is 28.0 Å². The van der Waals surface area contributed by atoms with Crippen LogP contribution in [0.5, 0.6) is 0 Å². The molecule has 0 aromatic rings. The van der Waals surface area contributed by atoms with E-state index >= 15 is 0 Å². The fourth-order valence-electron chi connectivity index (χ4n) is 1.40. The molecular weight excluding hydrogens is 212 g/mol. The minimum atomic E-state index is 0.414. The number of rotatable bonds is 4. The summed E-state index contributed by atoms with van der Waals surface area (Å²) in [4.78, 5) is 3.90. The van der Waals surface area contributed by atoms with Crippen LogP contribution in [0.25, 0.3) is 0 Å². The zero-order chi connectivity index (χ0) is 11.1. The fourth-order valence-corrected chi connectivity index (χ4v) is 1.50. The van der Waals surface area contributed by atoms with E-state index < -0.39 is 0 Å². The number of hydrogen-bond acceptors (Lipinski definition) is 3. The van der Waals surface area contributed by atoms with Crippen molar-refractivity contribution >= 4 is 18.3 Å². The lowest BCUT2D eigenvalue weighted by Gasteiger charge is -2.24. The topological polar surface area (TPSA) is 33.6 Å². The van der Waals surface area contributed by atoms with E-state index in [2.05, 4.69) is 17.0 Å². The molecule has 3 nitrogen and oxygen atoms in total. The molecule has 84 valence electrons. The highest BCUT2D eigenvalue weighted by atomic mass is 35.5. The van der Waals surface area contributed by atoms with Crippen molar-refractivity contribution in [3.05, 3.63) is 23.0 Å². The third-order valence-corrected chi connectivity index (χ3v) is 2.62. The van der Waals surface area contributed by atoms with Gasteiger partial charge in [-0.1, -0.05) is 17.7 Å². The van der Waals surface area contributed by atoms with Gasteiger partial charge in [0.1, 0.15) is 5.82 Å². The van der Waals surface area contributed by atoms with Gasteiger partial charge in [0.2, 0.25) is 0 Å². The molecule has 1 N–H and O–H groups in total. The van der Waals surface area contributed by atoms with Crippen LogP contribution in [0.3, 0.4) is 0 Å². The minimum absolute atomic E-state index is 0.414. The van der Waals surface area contributed by atoms with Gasteiger partial charge in [-0.15, -0.1) is 0 Å². The molecule has 0 saturated carbocycles. The van der Waals surface area contributed by atoms with Gasteiger partial charge in [-0.25, -0.2) is 4.99 Å². The predicted molar refractivity (Wildman–Crippen MR) is 64.2 cm³/mol. The van der Waals surface area contributed by atoms with Crippen LogP contribution in [0.2, 0.25) is 0 Å². The Morgan fingerprint density at radius 1 is 1.53 bits per heavy atom. The molecule has 4 heteroatoms. The standard InChI is InChI=1S/C11H17ClN2O/c1-3-9(12)8-11(13-2)14-10-4-6-15-7-5-10/h3,8,10,14H,2,4-7H2,1H3/b9-3+,11-8+. The lowest BCUT2D eigenvalue weighted by atomic mass is 10.1. The van der Waals surface area contributed by atoms with Crippen molar-refractivity contribution in [2.24, 2.45) is 4.99 Å². The molecule has 0 radical (unpaired) electrons. The smallest absolute Gasteiger partial charge is 0.126 e. The Morgan fingerprint density at radius 2 is 2.20 bits per heavy atom. The average Bonchev–Trinajstić information content (AvgIpc) is 2.29. The summed E-state index contributed by atoms with van der Waals surface area (Å²) in [7, 11) is 0. The van der Waals surface area contributed by atoms with E-state index in [4.69, 9.17) is 16.3 Å². The van der Waals surface area contributed by atoms with Crippen LogP contribution in [0.1, 0.15) is 19.8 Å². The average molecular weight is 229 g/mol. The molecule has 1 rings (SSSR count). The quantitative estimate of drug-likeness (QED) is 0.592. The number of nitrogens with zero attached hydrogens (tertiary/aromatic N) is 1. The van der Waals surface area contributed by atoms with Gasteiger partial charge in [0.15, 0.2) is 0 Å². The molecular formula is C11H17ClN2O. The monoisotopic (exact) mass is 228 g/mol. The first-order chi connectivity index (χ1) is 7.26. The number of hydrogen-bond donors (Lipinski definition) is 1. The third kappa shape index (κ3) is 4.49. The maximum Gasteiger partial charge on any atom is 0.126 e.